The molecule has 2 fully saturated rings. The lowest BCUT2D eigenvalue weighted by Crippen LogP contribution is -2.40. The summed E-state index contributed by atoms with van der Waals surface area (Å²) in [5.74, 6) is 1.45. The molecular weight excluding hydrogens is 268 g/mol. The number of hydrogen-bond acceptors (Lipinski definition) is 3. The monoisotopic (exact) mass is 290 g/mol. The molecule has 3 rings (SSSR count). The van der Waals surface area contributed by atoms with Crippen LogP contribution in [-0.4, -0.2) is 34.4 Å². The Bertz CT molecular complexity index is 511. The highest BCUT2D eigenvalue weighted by Crippen LogP contribution is 2.40. The van der Waals surface area contributed by atoms with Crippen LogP contribution >= 0.6 is 11.8 Å². The molecule has 1 N–H and O–H groups in total. The summed E-state index contributed by atoms with van der Waals surface area (Å²) in [6, 6.07) is 8.35. The maximum absolute atomic E-state index is 12.3. The second-order valence-corrected chi connectivity index (χ2v) is 7.75. The first-order valence-electron chi connectivity index (χ1n) is 7.31. The highest BCUT2D eigenvalue weighted by molar-refractivity contribution is 8.00. The Morgan fingerprint density at radius 1 is 1.45 bits per heavy atom. The summed E-state index contributed by atoms with van der Waals surface area (Å²) < 4.78 is 0.225. The number of nitrogens with one attached hydrogen (secondary N) is 1. The van der Waals surface area contributed by atoms with Crippen LogP contribution in [0.1, 0.15) is 37.1 Å². The molecule has 2 saturated heterocycles. The smallest absolute Gasteiger partial charge is 0.238 e. The molecule has 0 spiro atoms. The predicted octanol–water partition coefficient (Wildman–Crippen LogP) is 2.71. The van der Waals surface area contributed by atoms with Crippen molar-refractivity contribution >= 4 is 17.7 Å². The Morgan fingerprint density at radius 3 is 2.95 bits per heavy atom. The fourth-order valence-corrected chi connectivity index (χ4v) is 4.51. The number of carbonyl (C=O) groups excluding carboxylic acids is 1. The minimum Gasteiger partial charge on any atom is -0.320 e. The largest absolute Gasteiger partial charge is 0.320 e. The molecule has 4 heteroatoms. The van der Waals surface area contributed by atoms with Gasteiger partial charge >= 0.3 is 0 Å². The zero-order valence-corrected chi connectivity index (χ0v) is 13.0. The molecule has 0 radical (unpaired) electrons. The molecule has 0 aromatic heterocycles. The molecule has 108 valence electrons. The Morgan fingerprint density at radius 2 is 2.25 bits per heavy atom. The third-order valence-corrected chi connectivity index (χ3v) is 5.89. The van der Waals surface area contributed by atoms with Crippen molar-refractivity contribution < 1.29 is 4.79 Å². The van der Waals surface area contributed by atoms with E-state index in [-0.39, 0.29) is 16.8 Å². The van der Waals surface area contributed by atoms with Crippen molar-refractivity contribution in [2.24, 2.45) is 0 Å². The molecule has 2 aliphatic rings. The highest BCUT2D eigenvalue weighted by Gasteiger charge is 2.39. The lowest BCUT2D eigenvalue weighted by Gasteiger charge is -2.33. The highest BCUT2D eigenvalue weighted by atomic mass is 32.2. The summed E-state index contributed by atoms with van der Waals surface area (Å²) in [6.07, 6.45) is 2.52. The van der Waals surface area contributed by atoms with Gasteiger partial charge in [0, 0.05) is 11.3 Å². The van der Waals surface area contributed by atoms with Gasteiger partial charge in [-0.05, 0) is 43.6 Å². The molecule has 2 heterocycles. The quantitative estimate of drug-likeness (QED) is 0.929. The van der Waals surface area contributed by atoms with E-state index in [2.05, 4.69) is 37.4 Å². The number of carbonyl (C=O) groups is 1. The molecule has 3 nitrogen and oxygen atoms in total. The Balaban J connectivity index is 1.84. The minimum atomic E-state index is 0.0433. The second-order valence-electron chi connectivity index (χ2n) is 6.06. The fourth-order valence-electron chi connectivity index (χ4n) is 3.21. The molecule has 0 saturated carbocycles. The molecule has 0 bridgehead atoms. The number of hydrogen-bond donors (Lipinski definition) is 1. The third-order valence-electron chi connectivity index (χ3n) is 4.37. The summed E-state index contributed by atoms with van der Waals surface area (Å²) >= 11 is 2.01. The summed E-state index contributed by atoms with van der Waals surface area (Å²) in [5, 5.41) is 3.37. The van der Waals surface area contributed by atoms with Gasteiger partial charge in [-0.25, -0.2) is 0 Å². The zero-order chi connectivity index (χ0) is 14.2. The van der Waals surface area contributed by atoms with Crippen LogP contribution in [0.2, 0.25) is 0 Å². The minimum absolute atomic E-state index is 0.0433. The van der Waals surface area contributed by atoms with Crippen molar-refractivity contribution in [1.29, 1.82) is 0 Å². The van der Waals surface area contributed by atoms with Crippen molar-refractivity contribution in [1.82, 2.24) is 10.2 Å². The maximum atomic E-state index is 12.3. The van der Waals surface area contributed by atoms with Gasteiger partial charge in [-0.1, -0.05) is 24.3 Å². The summed E-state index contributed by atoms with van der Waals surface area (Å²) in [5.41, 5.74) is 2.47. The summed E-state index contributed by atoms with van der Waals surface area (Å²) in [7, 11) is 0. The van der Waals surface area contributed by atoms with Gasteiger partial charge < -0.3 is 4.90 Å². The van der Waals surface area contributed by atoms with E-state index in [1.165, 1.54) is 29.7 Å². The third kappa shape index (κ3) is 2.59. The van der Waals surface area contributed by atoms with Crippen LogP contribution in [0.5, 0.6) is 0 Å². The van der Waals surface area contributed by atoms with Crippen molar-refractivity contribution in [2.45, 2.75) is 37.6 Å². The topological polar surface area (TPSA) is 32.3 Å². The van der Waals surface area contributed by atoms with Gasteiger partial charge in [-0.3, -0.25) is 10.1 Å². The van der Waals surface area contributed by atoms with Crippen molar-refractivity contribution in [2.75, 3.05) is 18.8 Å². The van der Waals surface area contributed by atoms with Gasteiger partial charge in [0.2, 0.25) is 5.91 Å². The Hall–Kier alpha value is -1.00. The Labute approximate surface area is 125 Å². The van der Waals surface area contributed by atoms with Gasteiger partial charge in [0.1, 0.15) is 6.17 Å². The van der Waals surface area contributed by atoms with E-state index < -0.39 is 0 Å². The molecule has 1 aromatic carbocycles. The number of benzene rings is 1. The normalized spacial score (nSPS) is 30.2. The fraction of sp³-hybridized carbons (Fsp3) is 0.562. The van der Waals surface area contributed by atoms with Crippen molar-refractivity contribution in [3.63, 3.8) is 0 Å². The number of aryl methyl sites for hydroxylation is 1. The number of nitrogens with zero attached hydrogens (tertiary/aromatic N) is 1. The molecule has 0 aliphatic carbocycles. The first-order valence-corrected chi connectivity index (χ1v) is 8.30. The van der Waals surface area contributed by atoms with Crippen molar-refractivity contribution in [3.05, 3.63) is 35.4 Å². The average Bonchev–Trinajstić information content (AvgIpc) is 2.99. The number of amides is 1. The van der Waals surface area contributed by atoms with Gasteiger partial charge in [0.25, 0.3) is 0 Å². The molecule has 1 aromatic rings. The SMILES string of the molecule is Cc1ccccc1C1NCC(=O)N1CC1(C)CCCS1. The van der Waals surface area contributed by atoms with Crippen LogP contribution in [0.3, 0.4) is 0 Å². The standard InChI is InChI=1S/C16H22N2OS/c1-12-6-3-4-7-13(12)15-17-10-14(19)18(15)11-16(2)8-5-9-20-16/h3-4,6-7,15,17H,5,8-11H2,1-2H3. The van der Waals surface area contributed by atoms with Crippen LogP contribution in [0, 0.1) is 6.92 Å². The van der Waals surface area contributed by atoms with E-state index in [4.69, 9.17) is 0 Å². The molecule has 2 unspecified atom stereocenters. The van der Waals surface area contributed by atoms with Crippen LogP contribution < -0.4 is 5.32 Å². The first-order chi connectivity index (χ1) is 9.59. The number of thioether (sulfide) groups is 1. The Kier molecular flexibility index (Phi) is 3.78. The maximum Gasteiger partial charge on any atom is 0.238 e. The summed E-state index contributed by atoms with van der Waals surface area (Å²) in [6.45, 7) is 5.72. The number of rotatable bonds is 3. The van der Waals surface area contributed by atoms with E-state index in [0.717, 1.165) is 6.54 Å². The zero-order valence-electron chi connectivity index (χ0n) is 12.2. The first kappa shape index (κ1) is 14.0. The lowest BCUT2D eigenvalue weighted by atomic mass is 10.0. The molecule has 2 atom stereocenters. The van der Waals surface area contributed by atoms with Crippen LogP contribution in [0.25, 0.3) is 0 Å². The molecule has 2 aliphatic heterocycles. The molecule has 1 amide bonds. The molecular formula is C16H22N2OS. The van der Waals surface area contributed by atoms with E-state index in [1.807, 2.05) is 22.7 Å². The molecule has 20 heavy (non-hydrogen) atoms. The van der Waals surface area contributed by atoms with E-state index >= 15 is 0 Å². The van der Waals surface area contributed by atoms with E-state index in [1.54, 1.807) is 0 Å². The average molecular weight is 290 g/mol. The van der Waals surface area contributed by atoms with Gasteiger partial charge in [0.05, 0.1) is 6.54 Å². The van der Waals surface area contributed by atoms with E-state index in [0.29, 0.717) is 6.54 Å². The lowest BCUT2D eigenvalue weighted by molar-refractivity contribution is -0.128. The van der Waals surface area contributed by atoms with Crippen molar-refractivity contribution in [3.8, 4) is 0 Å². The van der Waals surface area contributed by atoms with Gasteiger partial charge in [0.15, 0.2) is 0 Å². The van der Waals surface area contributed by atoms with E-state index in [9.17, 15) is 4.79 Å². The van der Waals surface area contributed by atoms with Crippen LogP contribution in [0.15, 0.2) is 24.3 Å². The predicted molar refractivity (Wildman–Crippen MR) is 83.7 cm³/mol. The van der Waals surface area contributed by atoms with Crippen LogP contribution in [-0.2, 0) is 4.79 Å². The van der Waals surface area contributed by atoms with Gasteiger partial charge in [-0.2, -0.15) is 11.8 Å². The summed E-state index contributed by atoms with van der Waals surface area (Å²) in [4.78, 5) is 14.3. The van der Waals surface area contributed by atoms with Gasteiger partial charge in [-0.15, -0.1) is 0 Å². The van der Waals surface area contributed by atoms with Crippen LogP contribution in [0.4, 0.5) is 0 Å². The second kappa shape index (κ2) is 5.41.